The summed E-state index contributed by atoms with van der Waals surface area (Å²) in [6.45, 7) is 4.66. The minimum Gasteiger partial charge on any atom is -0.478 e. The summed E-state index contributed by atoms with van der Waals surface area (Å²) in [5.41, 5.74) is 1.17. The van der Waals surface area contributed by atoms with Crippen LogP contribution in [0.2, 0.25) is 5.02 Å². The number of nitrogens with one attached hydrogen (secondary N) is 1. The Balaban J connectivity index is 2.13. The average molecular weight is 505 g/mol. The first-order chi connectivity index (χ1) is 12.1. The Morgan fingerprint density at radius 3 is 2.73 bits per heavy atom. The van der Waals surface area contributed by atoms with Crippen molar-refractivity contribution in [2.45, 2.75) is 20.3 Å². The molecule has 8 heteroatoms. The standard InChI is InChI=1S/C18H18ClIN2O3S/c1-18(2)7-10-13(17(24)25)15(26-14(10)16(23)22(3)8-18)21-12-5-4-9(20)6-11(12)19/h4-6,21H,7-8H2,1-3H3,(H,24,25). The van der Waals surface area contributed by atoms with Crippen LogP contribution in [-0.4, -0.2) is 35.5 Å². The predicted octanol–water partition coefficient (Wildman–Crippen LogP) is 5.10. The first-order valence-electron chi connectivity index (χ1n) is 7.95. The Kier molecular flexibility index (Phi) is 5.24. The van der Waals surface area contributed by atoms with Gasteiger partial charge < -0.3 is 15.3 Å². The van der Waals surface area contributed by atoms with Crippen molar-refractivity contribution in [3.63, 3.8) is 0 Å². The summed E-state index contributed by atoms with van der Waals surface area (Å²) >= 11 is 9.62. The number of amides is 1. The van der Waals surface area contributed by atoms with Gasteiger partial charge in [-0.3, -0.25) is 4.79 Å². The molecule has 1 amide bonds. The number of carboxylic acid groups (broad SMARTS) is 1. The number of nitrogens with zero attached hydrogens (tertiary/aromatic N) is 1. The molecule has 1 aromatic heterocycles. The van der Waals surface area contributed by atoms with Crippen molar-refractivity contribution in [1.29, 1.82) is 0 Å². The molecule has 0 saturated heterocycles. The molecule has 5 nitrogen and oxygen atoms in total. The summed E-state index contributed by atoms with van der Waals surface area (Å²) in [4.78, 5) is 26.9. The third-order valence-electron chi connectivity index (χ3n) is 4.26. The molecule has 0 saturated carbocycles. The number of carbonyl (C=O) groups is 2. The number of halogens is 2. The Morgan fingerprint density at radius 2 is 2.12 bits per heavy atom. The molecule has 0 aliphatic carbocycles. The van der Waals surface area contributed by atoms with E-state index in [0.717, 1.165) is 3.57 Å². The number of hydrogen-bond donors (Lipinski definition) is 2. The average Bonchev–Trinajstić information content (AvgIpc) is 2.82. The zero-order valence-electron chi connectivity index (χ0n) is 14.5. The number of carboxylic acids is 1. The number of aromatic carboxylic acids is 1. The van der Waals surface area contributed by atoms with Crippen LogP contribution in [0.25, 0.3) is 0 Å². The normalized spacial score (nSPS) is 16.2. The summed E-state index contributed by atoms with van der Waals surface area (Å²) in [5, 5.41) is 13.9. The Bertz CT molecular complexity index is 910. The first kappa shape index (κ1) is 19.4. The van der Waals surface area contributed by atoms with Crippen LogP contribution in [0.15, 0.2) is 18.2 Å². The van der Waals surface area contributed by atoms with Crippen LogP contribution in [-0.2, 0) is 6.42 Å². The molecular weight excluding hydrogens is 487 g/mol. The van der Waals surface area contributed by atoms with Gasteiger partial charge >= 0.3 is 5.97 Å². The van der Waals surface area contributed by atoms with Crippen molar-refractivity contribution in [1.82, 2.24) is 4.90 Å². The zero-order chi connectivity index (χ0) is 19.2. The molecule has 1 aliphatic rings. The van der Waals surface area contributed by atoms with E-state index in [1.807, 2.05) is 19.9 Å². The fourth-order valence-corrected chi connectivity index (χ4v) is 5.38. The maximum Gasteiger partial charge on any atom is 0.339 e. The highest BCUT2D eigenvalue weighted by Crippen LogP contribution is 2.42. The first-order valence-corrected chi connectivity index (χ1v) is 10.2. The van der Waals surface area contributed by atoms with Gasteiger partial charge in [0.1, 0.15) is 5.00 Å². The lowest BCUT2D eigenvalue weighted by molar-refractivity contribution is 0.0695. The van der Waals surface area contributed by atoms with Gasteiger partial charge in [-0.1, -0.05) is 25.4 Å². The largest absolute Gasteiger partial charge is 0.478 e. The third kappa shape index (κ3) is 3.70. The topological polar surface area (TPSA) is 69.6 Å². The molecule has 0 atom stereocenters. The van der Waals surface area contributed by atoms with E-state index in [9.17, 15) is 14.7 Å². The molecular formula is C18H18ClIN2O3S. The van der Waals surface area contributed by atoms with Crippen LogP contribution >= 0.6 is 45.5 Å². The van der Waals surface area contributed by atoms with Gasteiger partial charge in [-0.25, -0.2) is 4.79 Å². The van der Waals surface area contributed by atoms with Gasteiger partial charge in [0.2, 0.25) is 0 Å². The molecule has 2 heterocycles. The third-order valence-corrected chi connectivity index (χ3v) is 6.38. The van der Waals surface area contributed by atoms with Crippen LogP contribution in [0.5, 0.6) is 0 Å². The molecule has 0 radical (unpaired) electrons. The van der Waals surface area contributed by atoms with Gasteiger partial charge in [0, 0.05) is 17.2 Å². The van der Waals surface area contributed by atoms with E-state index >= 15 is 0 Å². The number of anilines is 2. The maximum atomic E-state index is 12.8. The van der Waals surface area contributed by atoms with E-state index in [4.69, 9.17) is 11.6 Å². The molecule has 2 N–H and O–H groups in total. The van der Waals surface area contributed by atoms with Crippen LogP contribution in [0.3, 0.4) is 0 Å². The number of carbonyl (C=O) groups excluding carboxylic acids is 1. The van der Waals surface area contributed by atoms with E-state index in [-0.39, 0.29) is 16.9 Å². The summed E-state index contributed by atoms with van der Waals surface area (Å²) in [6, 6.07) is 5.49. The number of thiophene rings is 1. The number of rotatable bonds is 3. The predicted molar refractivity (Wildman–Crippen MR) is 113 cm³/mol. The molecule has 0 fully saturated rings. The molecule has 0 unspecified atom stereocenters. The second-order valence-corrected chi connectivity index (χ2v) is 9.84. The number of fused-ring (bicyclic) bond motifs is 1. The Hall–Kier alpha value is -1.32. The summed E-state index contributed by atoms with van der Waals surface area (Å²) in [7, 11) is 1.75. The monoisotopic (exact) mass is 504 g/mol. The van der Waals surface area contributed by atoms with Crippen LogP contribution < -0.4 is 5.32 Å². The van der Waals surface area contributed by atoms with Crippen molar-refractivity contribution in [2.75, 3.05) is 18.9 Å². The molecule has 1 aromatic carbocycles. The number of hydrogen-bond acceptors (Lipinski definition) is 4. The van der Waals surface area contributed by atoms with Crippen LogP contribution in [0, 0.1) is 8.99 Å². The van der Waals surface area contributed by atoms with Gasteiger partial charge in [0.05, 0.1) is 21.2 Å². The summed E-state index contributed by atoms with van der Waals surface area (Å²) < 4.78 is 0.983. The molecule has 0 bridgehead atoms. The fraction of sp³-hybridized carbons (Fsp3) is 0.333. The van der Waals surface area contributed by atoms with Crippen molar-refractivity contribution in [2.24, 2.45) is 5.41 Å². The summed E-state index contributed by atoms with van der Waals surface area (Å²) in [6.07, 6.45) is 0.526. The smallest absolute Gasteiger partial charge is 0.339 e. The Labute approximate surface area is 174 Å². The SMILES string of the molecule is CN1CC(C)(C)Cc2c(sc(Nc3ccc(I)cc3Cl)c2C(=O)O)C1=O. The van der Waals surface area contributed by atoms with Crippen molar-refractivity contribution in [3.05, 3.63) is 42.8 Å². The molecule has 138 valence electrons. The molecule has 1 aliphatic heterocycles. The van der Waals surface area contributed by atoms with E-state index in [1.165, 1.54) is 11.3 Å². The minimum atomic E-state index is -1.04. The van der Waals surface area contributed by atoms with Crippen LogP contribution in [0.1, 0.15) is 39.4 Å². The molecule has 26 heavy (non-hydrogen) atoms. The molecule has 2 aromatic rings. The second-order valence-electron chi connectivity index (χ2n) is 7.17. The second kappa shape index (κ2) is 7.01. The van der Waals surface area contributed by atoms with E-state index in [0.29, 0.717) is 39.1 Å². The highest BCUT2D eigenvalue weighted by atomic mass is 127. The molecule has 3 rings (SSSR count). The van der Waals surface area contributed by atoms with Crippen LogP contribution in [0.4, 0.5) is 10.7 Å². The van der Waals surface area contributed by atoms with Gasteiger partial charge in [-0.05, 0) is 58.2 Å². The lowest BCUT2D eigenvalue weighted by Crippen LogP contribution is -2.33. The Morgan fingerprint density at radius 1 is 1.42 bits per heavy atom. The van der Waals surface area contributed by atoms with Crippen molar-refractivity contribution in [3.8, 4) is 0 Å². The van der Waals surface area contributed by atoms with E-state index < -0.39 is 5.97 Å². The fourth-order valence-electron chi connectivity index (χ4n) is 3.26. The number of benzene rings is 1. The zero-order valence-corrected chi connectivity index (χ0v) is 18.3. The van der Waals surface area contributed by atoms with Gasteiger partial charge in [0.25, 0.3) is 5.91 Å². The van der Waals surface area contributed by atoms with Gasteiger partial charge in [-0.2, -0.15) is 0 Å². The maximum absolute atomic E-state index is 12.8. The molecule has 0 spiro atoms. The van der Waals surface area contributed by atoms with Crippen molar-refractivity contribution >= 4 is 68.1 Å². The minimum absolute atomic E-state index is 0.139. The van der Waals surface area contributed by atoms with E-state index in [1.54, 1.807) is 24.1 Å². The quantitative estimate of drug-likeness (QED) is 0.571. The van der Waals surface area contributed by atoms with Gasteiger partial charge in [0.15, 0.2) is 0 Å². The van der Waals surface area contributed by atoms with Gasteiger partial charge in [-0.15, -0.1) is 11.3 Å². The lowest BCUT2D eigenvalue weighted by atomic mass is 9.85. The van der Waals surface area contributed by atoms with Crippen molar-refractivity contribution < 1.29 is 14.7 Å². The summed E-state index contributed by atoms with van der Waals surface area (Å²) in [5.74, 6) is -1.18. The highest BCUT2D eigenvalue weighted by molar-refractivity contribution is 14.1. The lowest BCUT2D eigenvalue weighted by Gasteiger charge is -2.27. The van der Waals surface area contributed by atoms with E-state index in [2.05, 4.69) is 27.9 Å². The highest BCUT2D eigenvalue weighted by Gasteiger charge is 2.36.